The minimum atomic E-state index is 0.190. The Balaban J connectivity index is 2.14. The van der Waals surface area contributed by atoms with Crippen molar-refractivity contribution in [2.75, 3.05) is 6.54 Å². The molecule has 3 heteroatoms. The number of hydrogen-bond acceptors (Lipinski definition) is 1. The van der Waals surface area contributed by atoms with E-state index in [1.807, 2.05) is 4.90 Å². The maximum absolute atomic E-state index is 11.0. The summed E-state index contributed by atoms with van der Waals surface area (Å²) in [5.41, 5.74) is 0.536. The number of hydrogen-bond donors (Lipinski definition) is 0. The van der Waals surface area contributed by atoms with E-state index in [-0.39, 0.29) is 5.65 Å². The third-order valence-electron chi connectivity index (χ3n) is 2.69. The van der Waals surface area contributed by atoms with Gasteiger partial charge in [0.1, 0.15) is 0 Å². The second kappa shape index (κ2) is 1.94. The smallest absolute Gasteiger partial charge is 0.237 e. The van der Waals surface area contributed by atoms with Crippen LogP contribution in [-0.4, -0.2) is 22.6 Å². The van der Waals surface area contributed by atoms with Crippen molar-refractivity contribution in [2.24, 2.45) is 0 Å². The zero-order valence-corrected chi connectivity index (χ0v) is 7.12. The Bertz CT molecular complexity index is 176. The van der Waals surface area contributed by atoms with Gasteiger partial charge in [0, 0.05) is 12.1 Å². The molecule has 0 N–H and O–H groups in total. The molecule has 1 spiro atoms. The Kier molecular flexibility index (Phi) is 1.28. The molecule has 0 aromatic rings. The molecule has 10 heavy (non-hydrogen) atoms. The first-order valence-corrected chi connectivity index (χ1v) is 4.39. The fourth-order valence-electron chi connectivity index (χ4n) is 1.95. The topological polar surface area (TPSA) is 20.3 Å². The van der Waals surface area contributed by atoms with Gasteiger partial charge in [-0.2, -0.15) is 0 Å². The highest BCUT2D eigenvalue weighted by atomic mass is 31.0. The van der Waals surface area contributed by atoms with Crippen molar-refractivity contribution in [2.45, 2.75) is 31.2 Å². The molecule has 2 rings (SSSR count). The van der Waals surface area contributed by atoms with Crippen molar-refractivity contribution < 1.29 is 4.79 Å². The van der Waals surface area contributed by atoms with Gasteiger partial charge in [0.25, 0.3) is 0 Å². The van der Waals surface area contributed by atoms with E-state index in [0.29, 0.717) is 5.54 Å². The fourth-order valence-corrected chi connectivity index (χ4v) is 2.35. The van der Waals surface area contributed by atoms with Crippen molar-refractivity contribution in [3.8, 4) is 0 Å². The van der Waals surface area contributed by atoms with Crippen LogP contribution >= 0.6 is 9.24 Å². The monoisotopic (exact) mass is 157 g/mol. The molecule has 1 atom stereocenters. The highest BCUT2D eigenvalue weighted by Crippen LogP contribution is 2.49. The molecule has 1 saturated carbocycles. The maximum Gasteiger partial charge on any atom is 0.237 e. The standard InChI is InChI=1S/C7H12NOP/c9-6(10)8-5-1-2-7(8)3-4-7/h1-5,10H2. The summed E-state index contributed by atoms with van der Waals surface area (Å²) >= 11 is 0. The van der Waals surface area contributed by atoms with E-state index >= 15 is 0 Å². The average molecular weight is 157 g/mol. The van der Waals surface area contributed by atoms with E-state index in [0.717, 1.165) is 6.54 Å². The zero-order chi connectivity index (χ0) is 7.19. The van der Waals surface area contributed by atoms with Gasteiger partial charge in [0.2, 0.25) is 5.65 Å². The van der Waals surface area contributed by atoms with Crippen LogP contribution in [0.2, 0.25) is 0 Å². The third kappa shape index (κ3) is 0.784. The lowest BCUT2D eigenvalue weighted by atomic mass is 10.2. The Morgan fingerprint density at radius 1 is 1.40 bits per heavy atom. The van der Waals surface area contributed by atoms with E-state index in [9.17, 15) is 4.79 Å². The van der Waals surface area contributed by atoms with E-state index < -0.39 is 0 Å². The highest BCUT2D eigenvalue weighted by molar-refractivity contribution is 7.39. The van der Waals surface area contributed by atoms with E-state index in [4.69, 9.17) is 0 Å². The molecule has 56 valence electrons. The van der Waals surface area contributed by atoms with Crippen LogP contribution in [0.4, 0.5) is 4.79 Å². The molecule has 0 bridgehead atoms. The molecule has 1 saturated heterocycles. The van der Waals surface area contributed by atoms with Gasteiger partial charge >= 0.3 is 0 Å². The van der Waals surface area contributed by atoms with Gasteiger partial charge in [-0.1, -0.05) is 0 Å². The van der Waals surface area contributed by atoms with Crippen molar-refractivity contribution in [1.82, 2.24) is 4.90 Å². The van der Waals surface area contributed by atoms with Gasteiger partial charge in [-0.25, -0.2) is 0 Å². The van der Waals surface area contributed by atoms with Crippen LogP contribution in [0.5, 0.6) is 0 Å². The molecule has 0 aromatic carbocycles. The molecule has 1 amide bonds. The Morgan fingerprint density at radius 2 is 2.10 bits per heavy atom. The van der Waals surface area contributed by atoms with Crippen LogP contribution in [0, 0.1) is 0 Å². The fraction of sp³-hybridized carbons (Fsp3) is 0.857. The SMILES string of the molecule is O=C(P)N1CCCC12CC2. The summed E-state index contributed by atoms with van der Waals surface area (Å²) in [4.78, 5) is 13.0. The lowest BCUT2D eigenvalue weighted by Gasteiger charge is -2.21. The molecule has 1 aliphatic heterocycles. The lowest BCUT2D eigenvalue weighted by molar-refractivity contribution is 0.213. The number of carbonyl (C=O) groups excluding carboxylic acids is 1. The molecule has 1 heterocycles. The van der Waals surface area contributed by atoms with Crippen molar-refractivity contribution >= 4 is 14.9 Å². The van der Waals surface area contributed by atoms with E-state index in [1.54, 1.807) is 0 Å². The van der Waals surface area contributed by atoms with Crippen LogP contribution in [0.25, 0.3) is 0 Å². The summed E-state index contributed by atoms with van der Waals surface area (Å²) < 4.78 is 0. The van der Waals surface area contributed by atoms with Crippen LogP contribution in [-0.2, 0) is 0 Å². The van der Waals surface area contributed by atoms with Gasteiger partial charge in [0.15, 0.2) is 0 Å². The second-order valence-corrected chi connectivity index (χ2v) is 3.81. The van der Waals surface area contributed by atoms with E-state index in [1.165, 1.54) is 25.7 Å². The summed E-state index contributed by atoms with van der Waals surface area (Å²) in [6.45, 7) is 0.988. The summed E-state index contributed by atoms with van der Waals surface area (Å²) in [5.74, 6) is 0. The number of carbonyl (C=O) groups is 1. The van der Waals surface area contributed by atoms with Gasteiger partial charge in [-0.05, 0) is 34.9 Å². The number of likely N-dealkylation sites (tertiary alicyclic amines) is 1. The Labute approximate surface area is 63.2 Å². The largest absolute Gasteiger partial charge is 0.334 e. The summed E-state index contributed by atoms with van der Waals surface area (Å²) in [7, 11) is 2.27. The van der Waals surface area contributed by atoms with Crippen LogP contribution in [0.1, 0.15) is 25.7 Å². The molecular formula is C7H12NOP. The van der Waals surface area contributed by atoms with E-state index in [2.05, 4.69) is 9.24 Å². The highest BCUT2D eigenvalue weighted by Gasteiger charge is 2.51. The van der Waals surface area contributed by atoms with Crippen molar-refractivity contribution in [1.29, 1.82) is 0 Å². The molecule has 2 nitrogen and oxygen atoms in total. The molecule has 2 aliphatic rings. The third-order valence-corrected chi connectivity index (χ3v) is 3.00. The Morgan fingerprint density at radius 3 is 2.50 bits per heavy atom. The first-order valence-electron chi connectivity index (χ1n) is 3.82. The molecule has 1 aliphatic carbocycles. The molecular weight excluding hydrogens is 145 g/mol. The number of amides is 1. The normalized spacial score (nSPS) is 27.5. The summed E-state index contributed by atoms with van der Waals surface area (Å²) in [5, 5.41) is 0. The number of rotatable bonds is 0. The van der Waals surface area contributed by atoms with Crippen LogP contribution in [0.3, 0.4) is 0 Å². The predicted molar refractivity (Wildman–Crippen MR) is 43.0 cm³/mol. The minimum Gasteiger partial charge on any atom is -0.334 e. The van der Waals surface area contributed by atoms with Crippen molar-refractivity contribution in [3.05, 3.63) is 0 Å². The predicted octanol–water partition coefficient (Wildman–Crippen LogP) is 1.61. The molecule has 0 aromatic heterocycles. The molecule has 1 unspecified atom stereocenters. The Hall–Kier alpha value is -0.100. The first kappa shape index (κ1) is 6.60. The molecule has 2 fully saturated rings. The van der Waals surface area contributed by atoms with Crippen molar-refractivity contribution in [3.63, 3.8) is 0 Å². The minimum absolute atomic E-state index is 0.190. The van der Waals surface area contributed by atoms with Gasteiger partial charge in [-0.3, -0.25) is 4.79 Å². The van der Waals surface area contributed by atoms with Crippen LogP contribution in [0.15, 0.2) is 0 Å². The second-order valence-electron chi connectivity index (χ2n) is 3.32. The number of nitrogens with zero attached hydrogens (tertiary/aromatic N) is 1. The zero-order valence-electron chi connectivity index (χ0n) is 5.97. The average Bonchev–Trinajstić information content (AvgIpc) is 2.42. The maximum atomic E-state index is 11.0. The quantitative estimate of drug-likeness (QED) is 0.489. The van der Waals surface area contributed by atoms with Gasteiger partial charge in [0.05, 0.1) is 0 Å². The summed E-state index contributed by atoms with van der Waals surface area (Å²) in [6, 6.07) is 0. The summed E-state index contributed by atoms with van der Waals surface area (Å²) in [6.07, 6.45) is 4.94. The lowest BCUT2D eigenvalue weighted by Crippen LogP contribution is -2.32. The van der Waals surface area contributed by atoms with Gasteiger partial charge in [-0.15, -0.1) is 0 Å². The molecule has 0 radical (unpaired) electrons. The first-order chi connectivity index (χ1) is 4.75. The van der Waals surface area contributed by atoms with Crippen LogP contribution < -0.4 is 0 Å². The van der Waals surface area contributed by atoms with Gasteiger partial charge < -0.3 is 4.90 Å².